The Hall–Kier alpha value is -2.61. The van der Waals surface area contributed by atoms with Crippen LogP contribution in [0.1, 0.15) is 24.5 Å². The van der Waals surface area contributed by atoms with Crippen molar-refractivity contribution in [1.29, 1.82) is 0 Å². The lowest BCUT2D eigenvalue weighted by Crippen LogP contribution is -2.42. The van der Waals surface area contributed by atoms with E-state index in [0.29, 0.717) is 25.5 Å². The summed E-state index contributed by atoms with van der Waals surface area (Å²) in [6.45, 7) is 3.05. The minimum absolute atomic E-state index is 0.00696. The molecule has 1 aromatic carbocycles. The Balaban J connectivity index is 1.86. The van der Waals surface area contributed by atoms with Gasteiger partial charge in [-0.2, -0.15) is 0 Å². The van der Waals surface area contributed by atoms with Crippen molar-refractivity contribution in [1.82, 2.24) is 15.2 Å². The molecule has 0 aliphatic carbocycles. The fourth-order valence-corrected chi connectivity index (χ4v) is 3.41. The highest BCUT2D eigenvalue weighted by Crippen LogP contribution is 2.06. The highest BCUT2D eigenvalue weighted by molar-refractivity contribution is 7.90. The summed E-state index contributed by atoms with van der Waals surface area (Å²) >= 11 is 0. The van der Waals surface area contributed by atoms with Crippen molar-refractivity contribution in [3.8, 4) is 0 Å². The molecule has 2 aromatic rings. The predicted octanol–water partition coefficient (Wildman–Crippen LogP) is 1.38. The van der Waals surface area contributed by atoms with Crippen molar-refractivity contribution >= 4 is 15.8 Å². The van der Waals surface area contributed by atoms with Crippen LogP contribution in [0.25, 0.3) is 0 Å². The van der Waals surface area contributed by atoms with Crippen LogP contribution in [0.2, 0.25) is 0 Å². The molecule has 7 nitrogen and oxygen atoms in total. The largest absolute Gasteiger partial charge is 0.354 e. The molecule has 8 heteroatoms. The van der Waals surface area contributed by atoms with Gasteiger partial charge in [0.2, 0.25) is 0 Å². The van der Waals surface area contributed by atoms with Crippen molar-refractivity contribution < 1.29 is 8.42 Å². The zero-order valence-corrected chi connectivity index (χ0v) is 17.4. The summed E-state index contributed by atoms with van der Waals surface area (Å²) in [5, 5.41) is 6.42. The zero-order valence-electron chi connectivity index (χ0n) is 16.6. The predicted molar refractivity (Wildman–Crippen MR) is 113 cm³/mol. The molecule has 2 rings (SSSR count). The average Bonchev–Trinajstić information content (AvgIpc) is 2.66. The highest BCUT2D eigenvalue weighted by Gasteiger charge is 2.09. The van der Waals surface area contributed by atoms with E-state index in [0.717, 1.165) is 11.1 Å². The lowest BCUT2D eigenvalue weighted by molar-refractivity contribution is 0.581. The maximum Gasteiger partial charge on any atom is 0.250 e. The molecule has 0 amide bonds. The summed E-state index contributed by atoms with van der Waals surface area (Å²) in [5.74, 6) is 0.769. The lowest BCUT2D eigenvalue weighted by Gasteiger charge is -2.17. The van der Waals surface area contributed by atoms with Crippen LogP contribution in [-0.4, -0.2) is 44.0 Å². The summed E-state index contributed by atoms with van der Waals surface area (Å²) in [5.41, 5.74) is 2.11. The lowest BCUT2D eigenvalue weighted by atomic mass is 10.1. The van der Waals surface area contributed by atoms with Gasteiger partial charge in [0.15, 0.2) is 5.96 Å². The quantitative estimate of drug-likeness (QED) is 0.512. The molecule has 28 heavy (non-hydrogen) atoms. The van der Waals surface area contributed by atoms with Gasteiger partial charge in [0.05, 0.1) is 12.3 Å². The van der Waals surface area contributed by atoms with Gasteiger partial charge < -0.3 is 15.2 Å². The summed E-state index contributed by atoms with van der Waals surface area (Å²) < 4.78 is 24.2. The maximum atomic E-state index is 11.8. The molecule has 1 unspecified atom stereocenters. The van der Waals surface area contributed by atoms with Crippen LogP contribution in [-0.2, 0) is 22.9 Å². The number of aliphatic imine (C=N–C) groups is 1. The van der Waals surface area contributed by atoms with Gasteiger partial charge in [-0.3, -0.25) is 9.79 Å². The molecular formula is C20H28N4O3S. The van der Waals surface area contributed by atoms with E-state index >= 15 is 0 Å². The van der Waals surface area contributed by atoms with Crippen molar-refractivity contribution in [2.45, 2.75) is 32.5 Å². The molecular weight excluding hydrogens is 376 g/mol. The van der Waals surface area contributed by atoms with E-state index in [2.05, 4.69) is 15.6 Å². The summed E-state index contributed by atoms with van der Waals surface area (Å²) in [7, 11) is -1.29. The molecule has 1 aromatic heterocycles. The van der Waals surface area contributed by atoms with Crippen LogP contribution in [0.5, 0.6) is 0 Å². The summed E-state index contributed by atoms with van der Waals surface area (Å²) in [6.07, 6.45) is 3.54. The van der Waals surface area contributed by atoms with Gasteiger partial charge in [-0.05, 0) is 30.5 Å². The zero-order chi connectivity index (χ0) is 20.6. The van der Waals surface area contributed by atoms with Crippen molar-refractivity contribution in [3.05, 3.63) is 70.1 Å². The van der Waals surface area contributed by atoms with E-state index in [4.69, 9.17) is 0 Å². The summed E-state index contributed by atoms with van der Waals surface area (Å²) in [6, 6.07) is 13.1. The molecule has 0 aliphatic rings. The van der Waals surface area contributed by atoms with Crippen LogP contribution in [0.15, 0.2) is 58.4 Å². The number of guanidine groups is 1. The van der Waals surface area contributed by atoms with Crippen LogP contribution < -0.4 is 16.2 Å². The van der Waals surface area contributed by atoms with Gasteiger partial charge in [0.25, 0.3) is 5.56 Å². The van der Waals surface area contributed by atoms with E-state index in [1.165, 1.54) is 6.26 Å². The highest BCUT2D eigenvalue weighted by atomic mass is 32.2. The van der Waals surface area contributed by atoms with E-state index in [1.807, 2.05) is 37.3 Å². The number of aromatic nitrogens is 1. The Labute approximate surface area is 166 Å². The van der Waals surface area contributed by atoms with Crippen LogP contribution in [0, 0.1) is 0 Å². The van der Waals surface area contributed by atoms with Crippen molar-refractivity contribution in [2.75, 3.05) is 19.1 Å². The number of rotatable bonds is 8. The number of hydrogen-bond acceptors (Lipinski definition) is 4. The molecule has 1 heterocycles. The Morgan fingerprint density at radius 1 is 1.14 bits per heavy atom. The van der Waals surface area contributed by atoms with Crippen LogP contribution >= 0.6 is 0 Å². The number of nitrogens with one attached hydrogen (secondary N) is 2. The first-order valence-electron chi connectivity index (χ1n) is 9.15. The SMILES string of the molecule is CN=C(NCc1ccc(Cn2ccccc2=O)cc1)NC(C)CCS(C)(=O)=O. The third-order valence-corrected chi connectivity index (χ3v) is 5.24. The molecule has 0 saturated heterocycles. The molecule has 0 spiro atoms. The van der Waals surface area contributed by atoms with Gasteiger partial charge >= 0.3 is 0 Å². The summed E-state index contributed by atoms with van der Waals surface area (Å²) in [4.78, 5) is 16.0. The molecule has 152 valence electrons. The molecule has 0 bridgehead atoms. The molecule has 0 radical (unpaired) electrons. The fourth-order valence-electron chi connectivity index (χ4n) is 2.63. The third-order valence-electron chi connectivity index (χ3n) is 4.26. The average molecular weight is 405 g/mol. The first-order valence-corrected chi connectivity index (χ1v) is 11.2. The Morgan fingerprint density at radius 2 is 1.82 bits per heavy atom. The number of sulfone groups is 1. The van der Waals surface area contributed by atoms with Gasteiger partial charge in [-0.25, -0.2) is 8.42 Å². The second-order valence-electron chi connectivity index (χ2n) is 6.87. The Morgan fingerprint density at radius 3 is 2.43 bits per heavy atom. The fraction of sp³-hybridized carbons (Fsp3) is 0.400. The van der Waals surface area contributed by atoms with Gasteiger partial charge in [0, 0.05) is 38.2 Å². The standard InChI is InChI=1S/C20H28N4O3S/c1-16(11-13-28(3,26)27)23-20(21-2)22-14-17-7-9-18(10-8-17)15-24-12-5-4-6-19(24)25/h4-10,12,16H,11,13-15H2,1-3H3,(H2,21,22,23). The minimum Gasteiger partial charge on any atom is -0.354 e. The smallest absolute Gasteiger partial charge is 0.250 e. The van der Waals surface area contributed by atoms with E-state index in [9.17, 15) is 13.2 Å². The molecule has 1 atom stereocenters. The Bertz CT molecular complexity index is 950. The van der Waals surface area contributed by atoms with Gasteiger partial charge in [0.1, 0.15) is 9.84 Å². The molecule has 2 N–H and O–H groups in total. The topological polar surface area (TPSA) is 92.6 Å². The van der Waals surface area contributed by atoms with Gasteiger partial charge in [-0.1, -0.05) is 30.3 Å². The Kier molecular flexibility index (Phi) is 7.80. The van der Waals surface area contributed by atoms with E-state index < -0.39 is 9.84 Å². The van der Waals surface area contributed by atoms with E-state index in [1.54, 1.807) is 29.9 Å². The van der Waals surface area contributed by atoms with Crippen LogP contribution in [0.4, 0.5) is 0 Å². The first kappa shape index (κ1) is 21.7. The monoisotopic (exact) mass is 404 g/mol. The van der Waals surface area contributed by atoms with Gasteiger partial charge in [-0.15, -0.1) is 0 Å². The molecule has 0 fully saturated rings. The van der Waals surface area contributed by atoms with Crippen LogP contribution in [0.3, 0.4) is 0 Å². The first-order chi connectivity index (χ1) is 13.3. The number of nitrogens with zero attached hydrogens (tertiary/aromatic N) is 2. The second-order valence-corrected chi connectivity index (χ2v) is 9.13. The van der Waals surface area contributed by atoms with Crippen molar-refractivity contribution in [2.24, 2.45) is 4.99 Å². The molecule has 0 aliphatic heterocycles. The molecule has 0 saturated carbocycles. The number of benzene rings is 1. The number of hydrogen-bond donors (Lipinski definition) is 2. The maximum absolute atomic E-state index is 11.8. The normalized spacial score (nSPS) is 13.2. The third kappa shape index (κ3) is 7.56. The second kappa shape index (κ2) is 10.1. The van der Waals surface area contributed by atoms with Crippen molar-refractivity contribution in [3.63, 3.8) is 0 Å². The number of pyridine rings is 1. The van der Waals surface area contributed by atoms with E-state index in [-0.39, 0.29) is 17.4 Å². The minimum atomic E-state index is -2.97.